The van der Waals surface area contributed by atoms with E-state index in [0.29, 0.717) is 25.7 Å². The van der Waals surface area contributed by atoms with Crippen molar-refractivity contribution in [3.05, 3.63) is 30.1 Å². The Hall–Kier alpha value is -2.35. The number of nitrogens with one attached hydrogen (secondary N) is 1. The van der Waals surface area contributed by atoms with E-state index >= 15 is 0 Å². The van der Waals surface area contributed by atoms with Gasteiger partial charge in [0.2, 0.25) is 0 Å². The number of nitrogens with two attached hydrogens (primary N) is 1. The van der Waals surface area contributed by atoms with E-state index in [0.717, 1.165) is 53.2 Å². The number of benzene rings is 1. The molecule has 3 heterocycles. The van der Waals surface area contributed by atoms with Gasteiger partial charge in [-0.25, -0.2) is 4.98 Å². The lowest BCUT2D eigenvalue weighted by atomic mass is 10.3. The number of guanidine groups is 1. The highest BCUT2D eigenvalue weighted by atomic mass is 32.2. The van der Waals surface area contributed by atoms with Gasteiger partial charge in [0.05, 0.1) is 18.9 Å². The Bertz CT molecular complexity index is 768. The van der Waals surface area contributed by atoms with Gasteiger partial charge in [-0.15, -0.1) is 0 Å². The molecule has 7 nitrogen and oxygen atoms in total. The van der Waals surface area contributed by atoms with Crippen LogP contribution >= 0.6 is 11.8 Å². The zero-order chi connectivity index (χ0) is 17.1. The Morgan fingerprint density at radius 2 is 2.20 bits per heavy atom. The molecule has 0 bridgehead atoms. The highest BCUT2D eigenvalue weighted by molar-refractivity contribution is 7.99. The molecule has 0 amide bonds. The number of anilines is 1. The number of aryl methyl sites for hydroxylation is 1. The summed E-state index contributed by atoms with van der Waals surface area (Å²) in [5.74, 6) is 3.01. The standard InChI is InChI=1S/C17H21N5O2S/c18-16(19-5-4-13-11-22-6-9-25-17(22)21-13)20-12-2-3-14-15(10-12)24-8-1-7-23-14/h2-3,10-11H,1,4-9H2,(H3,18,19,20). The second kappa shape index (κ2) is 7.26. The maximum atomic E-state index is 5.99. The molecular weight excluding hydrogens is 338 g/mol. The number of aromatic nitrogens is 2. The first kappa shape index (κ1) is 16.1. The average Bonchev–Trinajstić information content (AvgIpc) is 3.09. The average molecular weight is 359 g/mol. The number of rotatable bonds is 4. The molecule has 2 aliphatic heterocycles. The van der Waals surface area contributed by atoms with Crippen molar-refractivity contribution in [1.29, 1.82) is 0 Å². The maximum absolute atomic E-state index is 5.99. The molecule has 8 heteroatoms. The molecule has 0 aliphatic carbocycles. The van der Waals surface area contributed by atoms with Crippen molar-refractivity contribution in [2.24, 2.45) is 10.7 Å². The molecule has 1 aromatic heterocycles. The third-order valence-electron chi connectivity index (χ3n) is 4.02. The molecule has 132 valence electrons. The molecule has 0 fully saturated rings. The number of hydrogen-bond donors (Lipinski definition) is 2. The van der Waals surface area contributed by atoms with Gasteiger partial charge in [-0.3, -0.25) is 4.99 Å². The van der Waals surface area contributed by atoms with Crippen LogP contribution in [-0.2, 0) is 13.0 Å². The summed E-state index contributed by atoms with van der Waals surface area (Å²) in [6, 6.07) is 5.69. The summed E-state index contributed by atoms with van der Waals surface area (Å²) >= 11 is 1.80. The molecule has 0 atom stereocenters. The molecule has 3 N–H and O–H groups in total. The normalized spacial score (nSPS) is 16.4. The second-order valence-corrected chi connectivity index (χ2v) is 6.97. The van der Waals surface area contributed by atoms with Crippen molar-refractivity contribution in [2.75, 3.05) is 30.8 Å². The van der Waals surface area contributed by atoms with Crippen LogP contribution in [-0.4, -0.2) is 41.0 Å². The fourth-order valence-corrected chi connectivity index (χ4v) is 3.76. The van der Waals surface area contributed by atoms with Crippen molar-refractivity contribution < 1.29 is 9.47 Å². The second-order valence-electron chi connectivity index (χ2n) is 5.91. The van der Waals surface area contributed by atoms with E-state index in [2.05, 4.69) is 26.1 Å². The predicted molar refractivity (Wildman–Crippen MR) is 98.8 cm³/mol. The van der Waals surface area contributed by atoms with E-state index in [4.69, 9.17) is 15.2 Å². The van der Waals surface area contributed by atoms with E-state index < -0.39 is 0 Å². The summed E-state index contributed by atoms with van der Waals surface area (Å²) in [6.07, 6.45) is 3.78. The lowest BCUT2D eigenvalue weighted by Crippen LogP contribution is -2.23. The van der Waals surface area contributed by atoms with Crippen LogP contribution in [0.2, 0.25) is 0 Å². The molecule has 2 aromatic rings. The number of fused-ring (bicyclic) bond motifs is 2. The van der Waals surface area contributed by atoms with E-state index in [9.17, 15) is 0 Å². The van der Waals surface area contributed by atoms with Crippen LogP contribution in [0.15, 0.2) is 34.5 Å². The number of hydrogen-bond acceptors (Lipinski definition) is 5. The third kappa shape index (κ3) is 3.84. The Morgan fingerprint density at radius 3 is 3.08 bits per heavy atom. The molecule has 25 heavy (non-hydrogen) atoms. The van der Waals surface area contributed by atoms with Crippen LogP contribution in [0.5, 0.6) is 11.5 Å². The first-order valence-electron chi connectivity index (χ1n) is 8.43. The minimum atomic E-state index is 0.385. The van der Waals surface area contributed by atoms with Gasteiger partial charge in [-0.2, -0.15) is 0 Å². The van der Waals surface area contributed by atoms with E-state index in [1.54, 1.807) is 11.8 Å². The van der Waals surface area contributed by atoms with Crippen molar-refractivity contribution in [3.8, 4) is 11.5 Å². The first-order chi connectivity index (χ1) is 12.3. The van der Waals surface area contributed by atoms with Gasteiger partial charge in [-0.05, 0) is 12.1 Å². The molecule has 0 spiro atoms. The van der Waals surface area contributed by atoms with Crippen LogP contribution in [0.25, 0.3) is 0 Å². The zero-order valence-electron chi connectivity index (χ0n) is 13.9. The fraction of sp³-hybridized carbons (Fsp3) is 0.412. The van der Waals surface area contributed by atoms with Gasteiger partial charge in [0, 0.05) is 49.6 Å². The summed E-state index contributed by atoms with van der Waals surface area (Å²) in [5, 5.41) is 4.21. The van der Waals surface area contributed by atoms with Gasteiger partial charge < -0.3 is 25.1 Å². The minimum Gasteiger partial charge on any atom is -0.490 e. The lowest BCUT2D eigenvalue weighted by Gasteiger charge is -2.10. The van der Waals surface area contributed by atoms with Gasteiger partial charge in [0.1, 0.15) is 0 Å². The number of nitrogens with zero attached hydrogens (tertiary/aromatic N) is 3. The van der Waals surface area contributed by atoms with Crippen LogP contribution < -0.4 is 20.5 Å². The van der Waals surface area contributed by atoms with Crippen molar-refractivity contribution >= 4 is 23.4 Å². The van der Waals surface area contributed by atoms with Crippen LogP contribution in [0, 0.1) is 0 Å². The molecule has 1 aromatic carbocycles. The molecule has 4 rings (SSSR count). The predicted octanol–water partition coefficient (Wildman–Crippen LogP) is 2.12. The maximum Gasteiger partial charge on any atom is 0.193 e. The van der Waals surface area contributed by atoms with Gasteiger partial charge in [-0.1, -0.05) is 11.8 Å². The largest absolute Gasteiger partial charge is 0.490 e. The summed E-state index contributed by atoms with van der Waals surface area (Å²) in [6.45, 7) is 2.99. The van der Waals surface area contributed by atoms with Crippen LogP contribution in [0.4, 0.5) is 5.69 Å². The molecule has 0 saturated heterocycles. The zero-order valence-corrected chi connectivity index (χ0v) is 14.7. The number of imidazole rings is 1. The van der Waals surface area contributed by atoms with E-state index in [1.807, 2.05) is 18.2 Å². The Morgan fingerprint density at radius 1 is 1.32 bits per heavy atom. The van der Waals surface area contributed by atoms with Gasteiger partial charge >= 0.3 is 0 Å². The molecule has 0 saturated carbocycles. The highest BCUT2D eigenvalue weighted by Gasteiger charge is 2.14. The van der Waals surface area contributed by atoms with E-state index in [-0.39, 0.29) is 0 Å². The van der Waals surface area contributed by atoms with Gasteiger partial charge in [0.25, 0.3) is 0 Å². The van der Waals surface area contributed by atoms with E-state index in [1.165, 1.54) is 0 Å². The topological polar surface area (TPSA) is 86.7 Å². The van der Waals surface area contributed by atoms with Crippen molar-refractivity contribution in [3.63, 3.8) is 0 Å². The summed E-state index contributed by atoms with van der Waals surface area (Å²) in [7, 11) is 0. The first-order valence-corrected chi connectivity index (χ1v) is 9.42. The molecule has 2 aliphatic rings. The molecule has 0 radical (unpaired) electrons. The quantitative estimate of drug-likeness (QED) is 0.642. The Kier molecular flexibility index (Phi) is 4.69. The lowest BCUT2D eigenvalue weighted by molar-refractivity contribution is 0.297. The molecular formula is C17H21N5O2S. The van der Waals surface area contributed by atoms with Crippen molar-refractivity contribution in [2.45, 2.75) is 24.5 Å². The SMILES string of the molecule is NC(=NCCc1cn2c(n1)SCC2)Nc1ccc2c(c1)OCCCO2. The fourth-order valence-electron chi connectivity index (χ4n) is 2.80. The minimum absolute atomic E-state index is 0.385. The number of ether oxygens (including phenoxy) is 2. The summed E-state index contributed by atoms with van der Waals surface area (Å²) < 4.78 is 13.5. The van der Waals surface area contributed by atoms with Crippen LogP contribution in [0.3, 0.4) is 0 Å². The summed E-state index contributed by atoms with van der Waals surface area (Å²) in [5.41, 5.74) is 7.89. The highest BCUT2D eigenvalue weighted by Crippen LogP contribution is 2.32. The monoisotopic (exact) mass is 359 g/mol. The van der Waals surface area contributed by atoms with Gasteiger partial charge in [0.15, 0.2) is 22.6 Å². The van der Waals surface area contributed by atoms with Crippen LogP contribution in [0.1, 0.15) is 12.1 Å². The Balaban J connectivity index is 1.33. The van der Waals surface area contributed by atoms with Crippen molar-refractivity contribution in [1.82, 2.24) is 9.55 Å². The third-order valence-corrected chi connectivity index (χ3v) is 4.99. The number of aliphatic imine (C=N–C) groups is 1. The Labute approximate surface area is 150 Å². The number of thioether (sulfide) groups is 1. The smallest absolute Gasteiger partial charge is 0.193 e. The molecule has 0 unspecified atom stereocenters. The summed E-state index contributed by atoms with van der Waals surface area (Å²) in [4.78, 5) is 8.98.